The maximum Gasteiger partial charge on any atom is 0.0315 e. The summed E-state index contributed by atoms with van der Waals surface area (Å²) in [5.41, 5.74) is 1.30. The van der Waals surface area contributed by atoms with Crippen LogP contribution in [0.15, 0.2) is 24.5 Å². The summed E-state index contributed by atoms with van der Waals surface area (Å²) < 4.78 is 0. The van der Waals surface area contributed by atoms with Crippen LogP contribution in [-0.4, -0.2) is 11.0 Å². The quantitative estimate of drug-likeness (QED) is 0.815. The molecule has 2 unspecified atom stereocenters. The smallest absolute Gasteiger partial charge is 0.0315 e. The SMILES string of the molecule is CC(C)C1CCCC(N[C@H](C)c2cccnc2)CC1. The van der Waals surface area contributed by atoms with Gasteiger partial charge in [0.15, 0.2) is 0 Å². The Labute approximate surface area is 118 Å². The third-order valence-corrected chi connectivity index (χ3v) is 4.63. The van der Waals surface area contributed by atoms with E-state index >= 15 is 0 Å². The van der Waals surface area contributed by atoms with E-state index in [1.165, 1.54) is 37.7 Å². The van der Waals surface area contributed by atoms with Crippen LogP contribution in [0.5, 0.6) is 0 Å². The molecule has 3 atom stereocenters. The van der Waals surface area contributed by atoms with Gasteiger partial charge in [-0.3, -0.25) is 4.98 Å². The van der Waals surface area contributed by atoms with E-state index in [1.807, 2.05) is 18.5 Å². The molecule has 0 aliphatic heterocycles. The van der Waals surface area contributed by atoms with Crippen LogP contribution in [0, 0.1) is 11.8 Å². The molecule has 0 spiro atoms. The Morgan fingerprint density at radius 2 is 2.00 bits per heavy atom. The molecule has 0 amide bonds. The Balaban J connectivity index is 1.86. The van der Waals surface area contributed by atoms with Crippen LogP contribution in [0.1, 0.15) is 64.5 Å². The average molecular weight is 260 g/mol. The maximum atomic E-state index is 4.21. The van der Waals surface area contributed by atoms with Gasteiger partial charge in [0.2, 0.25) is 0 Å². The number of nitrogens with zero attached hydrogens (tertiary/aromatic N) is 1. The molecular formula is C17H28N2. The molecule has 1 saturated carbocycles. The van der Waals surface area contributed by atoms with Crippen molar-refractivity contribution < 1.29 is 0 Å². The topological polar surface area (TPSA) is 24.9 Å². The number of nitrogens with one attached hydrogen (secondary N) is 1. The van der Waals surface area contributed by atoms with E-state index in [9.17, 15) is 0 Å². The van der Waals surface area contributed by atoms with Crippen molar-refractivity contribution in [3.05, 3.63) is 30.1 Å². The first kappa shape index (κ1) is 14.5. The monoisotopic (exact) mass is 260 g/mol. The summed E-state index contributed by atoms with van der Waals surface area (Å²) in [5, 5.41) is 3.79. The van der Waals surface area contributed by atoms with Crippen molar-refractivity contribution in [1.29, 1.82) is 0 Å². The molecule has 0 bridgehead atoms. The lowest BCUT2D eigenvalue weighted by Gasteiger charge is -2.23. The minimum atomic E-state index is 0.411. The third kappa shape index (κ3) is 4.31. The number of pyridine rings is 1. The van der Waals surface area contributed by atoms with Gasteiger partial charge >= 0.3 is 0 Å². The first-order valence-electron chi connectivity index (χ1n) is 7.82. The van der Waals surface area contributed by atoms with Crippen LogP contribution in [-0.2, 0) is 0 Å². The van der Waals surface area contributed by atoms with E-state index < -0.39 is 0 Å². The lowest BCUT2D eigenvalue weighted by Crippen LogP contribution is -2.31. The molecule has 0 radical (unpaired) electrons. The number of hydrogen-bond donors (Lipinski definition) is 1. The Hall–Kier alpha value is -0.890. The summed E-state index contributed by atoms with van der Waals surface area (Å²) >= 11 is 0. The summed E-state index contributed by atoms with van der Waals surface area (Å²) in [5.74, 6) is 1.77. The van der Waals surface area contributed by atoms with Crippen LogP contribution in [0.2, 0.25) is 0 Å². The molecular weight excluding hydrogens is 232 g/mol. The fourth-order valence-electron chi connectivity index (χ4n) is 3.25. The summed E-state index contributed by atoms with van der Waals surface area (Å²) in [6.45, 7) is 7.00. The highest BCUT2D eigenvalue weighted by Gasteiger charge is 2.22. The minimum Gasteiger partial charge on any atom is -0.307 e. The molecule has 0 saturated heterocycles. The fraction of sp³-hybridized carbons (Fsp3) is 0.706. The number of aromatic nitrogens is 1. The molecule has 0 aromatic carbocycles. The minimum absolute atomic E-state index is 0.411. The third-order valence-electron chi connectivity index (χ3n) is 4.63. The van der Waals surface area contributed by atoms with Gasteiger partial charge in [-0.2, -0.15) is 0 Å². The Kier molecular flexibility index (Phi) is 5.38. The summed E-state index contributed by atoms with van der Waals surface area (Å²) in [7, 11) is 0. The summed E-state index contributed by atoms with van der Waals surface area (Å²) in [6, 6.07) is 5.28. The highest BCUT2D eigenvalue weighted by atomic mass is 14.9. The second-order valence-electron chi connectivity index (χ2n) is 6.38. The Morgan fingerprint density at radius 3 is 2.68 bits per heavy atom. The number of rotatable bonds is 4. The maximum absolute atomic E-state index is 4.21. The van der Waals surface area contributed by atoms with Crippen molar-refractivity contribution in [3.8, 4) is 0 Å². The van der Waals surface area contributed by atoms with Crippen LogP contribution < -0.4 is 5.32 Å². The van der Waals surface area contributed by atoms with Gasteiger partial charge in [-0.25, -0.2) is 0 Å². The van der Waals surface area contributed by atoms with Gasteiger partial charge in [-0.05, 0) is 49.7 Å². The largest absolute Gasteiger partial charge is 0.307 e. The molecule has 2 nitrogen and oxygen atoms in total. The van der Waals surface area contributed by atoms with Crippen molar-refractivity contribution in [3.63, 3.8) is 0 Å². The zero-order valence-corrected chi connectivity index (χ0v) is 12.6. The van der Waals surface area contributed by atoms with E-state index in [0.717, 1.165) is 11.8 Å². The zero-order chi connectivity index (χ0) is 13.7. The van der Waals surface area contributed by atoms with Crippen molar-refractivity contribution in [2.24, 2.45) is 11.8 Å². The first-order valence-corrected chi connectivity index (χ1v) is 7.82. The molecule has 1 aromatic rings. The van der Waals surface area contributed by atoms with E-state index in [1.54, 1.807) is 0 Å². The van der Waals surface area contributed by atoms with E-state index in [4.69, 9.17) is 0 Å². The molecule has 1 fully saturated rings. The predicted octanol–water partition coefficient (Wildman–Crippen LogP) is 4.34. The van der Waals surface area contributed by atoms with Crippen molar-refractivity contribution in [2.45, 2.75) is 65.0 Å². The molecule has 1 aromatic heterocycles. The summed E-state index contributed by atoms with van der Waals surface area (Å²) in [6.07, 6.45) is 10.6. The Morgan fingerprint density at radius 1 is 1.16 bits per heavy atom. The highest BCUT2D eigenvalue weighted by molar-refractivity contribution is 5.13. The van der Waals surface area contributed by atoms with Crippen molar-refractivity contribution in [2.75, 3.05) is 0 Å². The lowest BCUT2D eigenvalue weighted by molar-refractivity contribution is 0.335. The van der Waals surface area contributed by atoms with E-state index in [0.29, 0.717) is 12.1 Å². The standard InChI is InChI=1S/C17H28N2/c1-13(2)15-6-4-8-17(10-9-15)19-14(3)16-7-5-11-18-12-16/h5,7,11-15,17,19H,4,6,8-10H2,1-3H3/t14-,15?,17?/m1/s1. The molecule has 1 heterocycles. The number of hydrogen-bond acceptors (Lipinski definition) is 2. The normalized spacial score (nSPS) is 26.1. The van der Waals surface area contributed by atoms with E-state index in [2.05, 4.69) is 37.1 Å². The predicted molar refractivity (Wildman–Crippen MR) is 81.0 cm³/mol. The van der Waals surface area contributed by atoms with Gasteiger partial charge in [0, 0.05) is 24.5 Å². The zero-order valence-electron chi connectivity index (χ0n) is 12.6. The highest BCUT2D eigenvalue weighted by Crippen LogP contribution is 2.29. The van der Waals surface area contributed by atoms with Gasteiger partial charge in [0.25, 0.3) is 0 Å². The van der Waals surface area contributed by atoms with Crippen LogP contribution in [0.3, 0.4) is 0 Å². The lowest BCUT2D eigenvalue weighted by atomic mass is 9.89. The van der Waals surface area contributed by atoms with Crippen LogP contribution in [0.25, 0.3) is 0 Å². The average Bonchev–Trinajstić information content (AvgIpc) is 2.65. The van der Waals surface area contributed by atoms with Crippen molar-refractivity contribution in [1.82, 2.24) is 10.3 Å². The molecule has 2 rings (SSSR count). The molecule has 2 heteroatoms. The van der Waals surface area contributed by atoms with Gasteiger partial charge in [-0.15, -0.1) is 0 Å². The Bertz CT molecular complexity index is 361. The molecule has 1 aliphatic carbocycles. The summed E-state index contributed by atoms with van der Waals surface area (Å²) in [4.78, 5) is 4.21. The molecule has 19 heavy (non-hydrogen) atoms. The van der Waals surface area contributed by atoms with Crippen molar-refractivity contribution >= 4 is 0 Å². The van der Waals surface area contributed by atoms with Gasteiger partial charge in [-0.1, -0.05) is 32.8 Å². The molecule has 1 N–H and O–H groups in total. The van der Waals surface area contributed by atoms with E-state index in [-0.39, 0.29) is 0 Å². The van der Waals surface area contributed by atoms with Crippen LogP contribution >= 0.6 is 0 Å². The van der Waals surface area contributed by atoms with Gasteiger partial charge in [0.05, 0.1) is 0 Å². The van der Waals surface area contributed by atoms with Gasteiger partial charge in [0.1, 0.15) is 0 Å². The second kappa shape index (κ2) is 7.04. The van der Waals surface area contributed by atoms with Crippen LogP contribution in [0.4, 0.5) is 0 Å². The van der Waals surface area contributed by atoms with Gasteiger partial charge < -0.3 is 5.32 Å². The second-order valence-corrected chi connectivity index (χ2v) is 6.38. The molecule has 1 aliphatic rings. The molecule has 106 valence electrons. The first-order chi connectivity index (χ1) is 9.16. The fourth-order valence-corrected chi connectivity index (χ4v) is 3.25.